The number of rotatable bonds is 3. The van der Waals surface area contributed by atoms with E-state index in [0.29, 0.717) is 29.5 Å². The highest BCUT2D eigenvalue weighted by Gasteiger charge is 2.23. The van der Waals surface area contributed by atoms with Gasteiger partial charge in [-0.25, -0.2) is 4.79 Å². The van der Waals surface area contributed by atoms with Crippen LogP contribution in [0.1, 0.15) is 48.3 Å². The Morgan fingerprint density at radius 3 is 2.79 bits per heavy atom. The van der Waals surface area contributed by atoms with Gasteiger partial charge in [0, 0.05) is 23.6 Å². The molecule has 1 aromatic heterocycles. The van der Waals surface area contributed by atoms with E-state index >= 15 is 0 Å². The van der Waals surface area contributed by atoms with Crippen molar-refractivity contribution in [2.45, 2.75) is 32.4 Å². The summed E-state index contributed by atoms with van der Waals surface area (Å²) in [4.78, 5) is 40.3. The second kappa shape index (κ2) is 6.99. The molecule has 2 aromatic carbocycles. The molecule has 1 aliphatic rings. The zero-order valence-electron chi connectivity index (χ0n) is 15.7. The number of fused-ring (bicyclic) bond motifs is 2. The number of amides is 1. The monoisotopic (exact) mass is 379 g/mol. The zero-order valence-corrected chi connectivity index (χ0v) is 15.7. The molecule has 0 spiro atoms. The van der Waals surface area contributed by atoms with Crippen LogP contribution < -0.4 is 21.3 Å². The van der Waals surface area contributed by atoms with Crippen LogP contribution >= 0.6 is 0 Å². The summed E-state index contributed by atoms with van der Waals surface area (Å²) < 4.78 is 6.80. The minimum absolute atomic E-state index is 0.152. The van der Waals surface area contributed by atoms with Gasteiger partial charge in [-0.2, -0.15) is 0 Å². The molecule has 0 saturated carbocycles. The third-order valence-electron chi connectivity index (χ3n) is 4.97. The van der Waals surface area contributed by atoms with Crippen LogP contribution in [0.5, 0.6) is 5.75 Å². The van der Waals surface area contributed by atoms with E-state index in [1.54, 1.807) is 32.0 Å². The summed E-state index contributed by atoms with van der Waals surface area (Å²) >= 11 is 0. The molecule has 2 N–H and O–H groups in total. The molecular weight excluding hydrogens is 358 g/mol. The average molecular weight is 379 g/mol. The molecule has 0 radical (unpaired) electrons. The van der Waals surface area contributed by atoms with Crippen molar-refractivity contribution >= 4 is 16.8 Å². The van der Waals surface area contributed by atoms with Crippen molar-refractivity contribution < 1.29 is 9.53 Å². The quantitative estimate of drug-likeness (QED) is 0.731. The Labute approximate surface area is 161 Å². The standard InChI is InChI=1S/C21H21N3O4/c1-12(2)24-20(26)15-8-7-13(11-17(15)23-21(24)27)19(25)22-16-9-10-28-18-6-4-3-5-14(16)18/h3-8,11-12,16H,9-10H2,1-2H3,(H,22,25)(H,23,27)/t16-/m1/s1. The number of hydrogen-bond donors (Lipinski definition) is 2. The number of nitrogens with zero attached hydrogens (tertiary/aromatic N) is 1. The highest BCUT2D eigenvalue weighted by Crippen LogP contribution is 2.31. The number of hydrogen-bond acceptors (Lipinski definition) is 4. The molecule has 0 bridgehead atoms. The van der Waals surface area contributed by atoms with Crippen LogP contribution in [-0.4, -0.2) is 22.1 Å². The van der Waals surface area contributed by atoms with Gasteiger partial charge in [-0.15, -0.1) is 0 Å². The minimum atomic E-state index is -0.483. The van der Waals surface area contributed by atoms with E-state index in [0.717, 1.165) is 11.3 Å². The smallest absolute Gasteiger partial charge is 0.329 e. The van der Waals surface area contributed by atoms with Gasteiger partial charge < -0.3 is 15.0 Å². The van der Waals surface area contributed by atoms with Gasteiger partial charge >= 0.3 is 5.69 Å². The van der Waals surface area contributed by atoms with Crippen LogP contribution in [0.25, 0.3) is 10.9 Å². The maximum atomic E-state index is 12.8. The molecule has 1 aliphatic heterocycles. The summed E-state index contributed by atoms with van der Waals surface area (Å²) in [5, 5.41) is 3.40. The molecule has 1 atom stereocenters. The minimum Gasteiger partial charge on any atom is -0.493 e. The third kappa shape index (κ3) is 3.09. The van der Waals surface area contributed by atoms with E-state index < -0.39 is 5.69 Å². The van der Waals surface area contributed by atoms with Crippen molar-refractivity contribution in [3.63, 3.8) is 0 Å². The number of ether oxygens (including phenoxy) is 1. The fourth-order valence-electron chi connectivity index (χ4n) is 3.58. The first-order valence-electron chi connectivity index (χ1n) is 9.27. The first kappa shape index (κ1) is 18.0. The SMILES string of the molecule is CC(C)n1c(=O)[nH]c2cc(C(=O)N[C@@H]3CCOc4ccccc43)ccc2c1=O. The fraction of sp³-hybridized carbons (Fsp3) is 0.286. The first-order valence-corrected chi connectivity index (χ1v) is 9.27. The van der Waals surface area contributed by atoms with Crippen molar-refractivity contribution in [1.82, 2.24) is 14.9 Å². The molecule has 4 rings (SSSR count). The van der Waals surface area contributed by atoms with E-state index in [4.69, 9.17) is 4.74 Å². The number of nitrogens with one attached hydrogen (secondary N) is 2. The van der Waals surface area contributed by atoms with Gasteiger partial charge in [-0.05, 0) is 38.1 Å². The van der Waals surface area contributed by atoms with E-state index in [1.807, 2.05) is 24.3 Å². The molecule has 0 saturated heterocycles. The number of H-pyrrole nitrogens is 1. The van der Waals surface area contributed by atoms with Crippen LogP contribution in [0.2, 0.25) is 0 Å². The lowest BCUT2D eigenvalue weighted by atomic mass is 10.00. The van der Waals surface area contributed by atoms with Crippen molar-refractivity contribution in [2.24, 2.45) is 0 Å². The highest BCUT2D eigenvalue weighted by atomic mass is 16.5. The Bertz CT molecular complexity index is 1180. The number of benzene rings is 2. The lowest BCUT2D eigenvalue weighted by molar-refractivity contribution is 0.0925. The molecule has 0 fully saturated rings. The zero-order chi connectivity index (χ0) is 19.8. The van der Waals surface area contributed by atoms with E-state index in [9.17, 15) is 14.4 Å². The Morgan fingerprint density at radius 2 is 2.00 bits per heavy atom. The second-order valence-electron chi connectivity index (χ2n) is 7.16. The molecule has 3 aromatic rings. The maximum absolute atomic E-state index is 12.8. The van der Waals surface area contributed by atoms with Crippen molar-refractivity contribution in [2.75, 3.05) is 6.61 Å². The van der Waals surface area contributed by atoms with E-state index in [1.165, 1.54) is 4.57 Å². The van der Waals surface area contributed by atoms with Gasteiger partial charge in [0.25, 0.3) is 11.5 Å². The molecule has 144 valence electrons. The van der Waals surface area contributed by atoms with E-state index in [2.05, 4.69) is 10.3 Å². The molecule has 0 unspecified atom stereocenters. The lowest BCUT2D eigenvalue weighted by Crippen LogP contribution is -2.36. The van der Waals surface area contributed by atoms with Crippen LogP contribution in [0.4, 0.5) is 0 Å². The summed E-state index contributed by atoms with van der Waals surface area (Å²) in [5.74, 6) is 0.508. The first-order chi connectivity index (χ1) is 13.5. The van der Waals surface area contributed by atoms with Gasteiger partial charge in [0.15, 0.2) is 0 Å². The molecule has 0 aliphatic carbocycles. The molecule has 7 heteroatoms. The third-order valence-corrected chi connectivity index (χ3v) is 4.97. The number of carbonyl (C=O) groups is 1. The van der Waals surface area contributed by atoms with Crippen molar-refractivity contribution in [1.29, 1.82) is 0 Å². The lowest BCUT2D eigenvalue weighted by Gasteiger charge is -2.26. The molecule has 1 amide bonds. The van der Waals surface area contributed by atoms with Crippen LogP contribution in [0.15, 0.2) is 52.1 Å². The molecule has 28 heavy (non-hydrogen) atoms. The summed E-state index contributed by atoms with van der Waals surface area (Å²) in [6.07, 6.45) is 0.673. The maximum Gasteiger partial charge on any atom is 0.329 e. The second-order valence-corrected chi connectivity index (χ2v) is 7.16. The Morgan fingerprint density at radius 1 is 1.21 bits per heavy atom. The Hall–Kier alpha value is -3.35. The van der Waals surface area contributed by atoms with Gasteiger partial charge in [0.2, 0.25) is 0 Å². The Balaban J connectivity index is 1.67. The van der Waals surface area contributed by atoms with Crippen LogP contribution in [-0.2, 0) is 0 Å². The highest BCUT2D eigenvalue weighted by molar-refractivity contribution is 5.97. The number of carbonyl (C=O) groups excluding carboxylic acids is 1. The average Bonchev–Trinajstić information content (AvgIpc) is 2.67. The van der Waals surface area contributed by atoms with Gasteiger partial charge in [0.1, 0.15) is 5.75 Å². The number of aromatic nitrogens is 2. The van der Waals surface area contributed by atoms with E-state index in [-0.39, 0.29) is 23.6 Å². The Kier molecular flexibility index (Phi) is 4.50. The van der Waals surface area contributed by atoms with Crippen molar-refractivity contribution in [3.05, 3.63) is 74.4 Å². The van der Waals surface area contributed by atoms with Gasteiger partial charge in [0.05, 0.1) is 23.6 Å². The van der Waals surface area contributed by atoms with Crippen LogP contribution in [0, 0.1) is 0 Å². The normalized spacial score (nSPS) is 15.9. The van der Waals surface area contributed by atoms with Gasteiger partial charge in [-0.3, -0.25) is 14.2 Å². The predicted molar refractivity (Wildman–Crippen MR) is 106 cm³/mol. The topological polar surface area (TPSA) is 93.2 Å². The summed E-state index contributed by atoms with van der Waals surface area (Å²) in [5.41, 5.74) is 0.833. The molecule has 7 nitrogen and oxygen atoms in total. The number of aromatic amines is 1. The largest absolute Gasteiger partial charge is 0.493 e. The van der Waals surface area contributed by atoms with Crippen molar-refractivity contribution in [3.8, 4) is 5.75 Å². The molecule has 2 heterocycles. The molecular formula is C21H21N3O4. The fourth-order valence-corrected chi connectivity index (χ4v) is 3.58. The summed E-state index contributed by atoms with van der Waals surface area (Å²) in [6.45, 7) is 4.08. The van der Waals surface area contributed by atoms with Gasteiger partial charge in [-0.1, -0.05) is 18.2 Å². The summed E-state index contributed by atoms with van der Waals surface area (Å²) in [7, 11) is 0. The van der Waals surface area contributed by atoms with Crippen LogP contribution in [0.3, 0.4) is 0 Å². The predicted octanol–water partition coefficient (Wildman–Crippen LogP) is 2.52. The number of para-hydroxylation sites is 1. The summed E-state index contributed by atoms with van der Waals surface area (Å²) in [6, 6.07) is 12.0.